The minimum absolute atomic E-state index is 0.00805. The Morgan fingerprint density at radius 1 is 1.08 bits per heavy atom. The maximum Gasteiger partial charge on any atom is 0.253 e. The summed E-state index contributed by atoms with van der Waals surface area (Å²) in [7, 11) is 0. The van der Waals surface area contributed by atoms with E-state index in [1.165, 1.54) is 0 Å². The summed E-state index contributed by atoms with van der Waals surface area (Å²) in [5, 5.41) is 7.46. The van der Waals surface area contributed by atoms with Crippen molar-refractivity contribution in [2.75, 3.05) is 19.6 Å². The smallest absolute Gasteiger partial charge is 0.253 e. The van der Waals surface area contributed by atoms with Gasteiger partial charge in [0.2, 0.25) is 5.91 Å². The quantitative estimate of drug-likeness (QED) is 0.296. The van der Waals surface area contributed by atoms with Gasteiger partial charge < -0.3 is 15.6 Å². The van der Waals surface area contributed by atoms with Crippen molar-refractivity contribution >= 4 is 29.4 Å². The Morgan fingerprint density at radius 3 is 2.43 bits per heavy atom. The SMILES string of the molecule is CCCN(C(=O)C1=Cc2ccc(-c3ccc(C(=O)N4CCCC4)cc3)cc2N=C(N=NN)C1)C(C)CC. The number of amidine groups is 1. The maximum atomic E-state index is 13.5. The number of fused-ring (bicyclic) bond motifs is 1. The van der Waals surface area contributed by atoms with E-state index >= 15 is 0 Å². The second-order valence-corrected chi connectivity index (χ2v) is 9.70. The van der Waals surface area contributed by atoms with Crippen LogP contribution in [0.25, 0.3) is 17.2 Å². The molecular weight excluding hydrogens is 464 g/mol. The molecule has 0 saturated carbocycles. The number of hydrogen-bond acceptors (Lipinski definition) is 5. The number of rotatable bonds is 7. The lowest BCUT2D eigenvalue weighted by molar-refractivity contribution is -0.129. The van der Waals surface area contributed by atoms with Crippen LogP contribution in [0.2, 0.25) is 0 Å². The van der Waals surface area contributed by atoms with Crippen LogP contribution in [0, 0.1) is 0 Å². The van der Waals surface area contributed by atoms with E-state index < -0.39 is 0 Å². The minimum Gasteiger partial charge on any atom is -0.339 e. The number of carbonyl (C=O) groups is 2. The molecule has 0 radical (unpaired) electrons. The Labute approximate surface area is 218 Å². The molecule has 2 heterocycles. The average molecular weight is 501 g/mol. The van der Waals surface area contributed by atoms with Gasteiger partial charge in [-0.05, 0) is 68.0 Å². The summed E-state index contributed by atoms with van der Waals surface area (Å²) in [6.45, 7) is 8.59. The normalized spacial score (nSPS) is 16.1. The Kier molecular flexibility index (Phi) is 8.48. The number of likely N-dealkylation sites (tertiary alicyclic amines) is 1. The highest BCUT2D eigenvalue weighted by Crippen LogP contribution is 2.33. The van der Waals surface area contributed by atoms with Crippen LogP contribution in [0.5, 0.6) is 0 Å². The Bertz CT molecular complexity index is 1230. The van der Waals surface area contributed by atoms with Gasteiger partial charge in [-0.2, -0.15) is 0 Å². The lowest BCUT2D eigenvalue weighted by Gasteiger charge is -2.29. The first kappa shape index (κ1) is 26.3. The van der Waals surface area contributed by atoms with Crippen molar-refractivity contribution in [3.63, 3.8) is 0 Å². The summed E-state index contributed by atoms with van der Waals surface area (Å²) in [5.74, 6) is 5.84. The van der Waals surface area contributed by atoms with Crippen molar-refractivity contribution in [1.29, 1.82) is 0 Å². The van der Waals surface area contributed by atoms with Gasteiger partial charge >= 0.3 is 0 Å². The highest BCUT2D eigenvalue weighted by atomic mass is 16.2. The first-order chi connectivity index (χ1) is 17.9. The molecule has 2 aliphatic rings. The van der Waals surface area contributed by atoms with Gasteiger partial charge in [-0.25, -0.2) is 4.99 Å². The number of nitrogens with two attached hydrogens (primary N) is 1. The van der Waals surface area contributed by atoms with Crippen molar-refractivity contribution in [3.8, 4) is 11.1 Å². The van der Waals surface area contributed by atoms with Crippen molar-refractivity contribution in [1.82, 2.24) is 9.80 Å². The van der Waals surface area contributed by atoms with Crippen molar-refractivity contribution in [2.24, 2.45) is 21.2 Å². The van der Waals surface area contributed by atoms with E-state index in [4.69, 9.17) is 10.8 Å². The first-order valence-corrected chi connectivity index (χ1v) is 13.2. The Morgan fingerprint density at radius 2 is 1.78 bits per heavy atom. The van der Waals surface area contributed by atoms with Gasteiger partial charge in [0.15, 0.2) is 5.84 Å². The average Bonchev–Trinajstić information content (AvgIpc) is 3.39. The van der Waals surface area contributed by atoms with Crippen LogP contribution in [-0.2, 0) is 4.79 Å². The second kappa shape index (κ2) is 12.0. The molecule has 2 N–H and O–H groups in total. The van der Waals surface area contributed by atoms with Crippen LogP contribution in [0.4, 0.5) is 5.69 Å². The van der Waals surface area contributed by atoms with E-state index in [-0.39, 0.29) is 24.3 Å². The van der Waals surface area contributed by atoms with Crippen molar-refractivity contribution in [3.05, 3.63) is 59.2 Å². The number of aliphatic imine (C=N–C) groups is 1. The number of benzene rings is 2. The number of hydrogen-bond donors (Lipinski definition) is 1. The lowest BCUT2D eigenvalue weighted by atomic mass is 9.99. The first-order valence-electron chi connectivity index (χ1n) is 13.2. The fourth-order valence-electron chi connectivity index (χ4n) is 4.87. The highest BCUT2D eigenvalue weighted by Gasteiger charge is 2.25. The van der Waals surface area contributed by atoms with Gasteiger partial charge in [0.05, 0.1) is 5.69 Å². The van der Waals surface area contributed by atoms with E-state index in [1.807, 2.05) is 58.3 Å². The van der Waals surface area contributed by atoms with Crippen molar-refractivity contribution in [2.45, 2.75) is 58.9 Å². The van der Waals surface area contributed by atoms with Gasteiger partial charge in [0, 0.05) is 48.8 Å². The summed E-state index contributed by atoms with van der Waals surface area (Å²) in [6, 6.07) is 13.8. The van der Waals surface area contributed by atoms with E-state index in [0.717, 1.165) is 55.5 Å². The Hall–Kier alpha value is -3.81. The zero-order valence-electron chi connectivity index (χ0n) is 22.0. The van der Waals surface area contributed by atoms with Crippen LogP contribution < -0.4 is 5.84 Å². The summed E-state index contributed by atoms with van der Waals surface area (Å²) in [4.78, 5) is 34.8. The topological polar surface area (TPSA) is 104 Å². The van der Waals surface area contributed by atoms with Gasteiger partial charge in [0.25, 0.3) is 5.91 Å². The molecule has 0 aliphatic carbocycles. The molecule has 1 unspecified atom stereocenters. The van der Waals surface area contributed by atoms with Crippen LogP contribution in [-0.4, -0.2) is 53.1 Å². The summed E-state index contributed by atoms with van der Waals surface area (Å²) < 4.78 is 0. The number of carbonyl (C=O) groups excluding carboxylic acids is 2. The maximum absolute atomic E-state index is 13.5. The standard InChI is InChI=1S/C29H36N6O2/c1-4-14-35(20(3)5-2)29(37)25-17-24-13-12-23(18-26(24)31-27(19-25)32-33-30)21-8-10-22(11-9-21)28(36)34-15-6-7-16-34/h8-13,17-18,20H,4-7,14-16,19H2,1-3H3,(H2,30,31,32). The molecule has 0 aromatic heterocycles. The Balaban J connectivity index is 1.65. The third-order valence-corrected chi connectivity index (χ3v) is 7.11. The molecule has 2 aromatic carbocycles. The summed E-state index contributed by atoms with van der Waals surface area (Å²) in [5.41, 5.74) is 4.81. The molecule has 0 spiro atoms. The third kappa shape index (κ3) is 5.96. The predicted molar refractivity (Wildman–Crippen MR) is 148 cm³/mol. The molecule has 1 fully saturated rings. The summed E-state index contributed by atoms with van der Waals surface area (Å²) >= 11 is 0. The highest BCUT2D eigenvalue weighted by molar-refractivity contribution is 6.06. The second-order valence-electron chi connectivity index (χ2n) is 9.70. The molecule has 8 heteroatoms. The zero-order valence-corrected chi connectivity index (χ0v) is 22.0. The van der Waals surface area contributed by atoms with Gasteiger partial charge in [-0.3, -0.25) is 9.59 Å². The molecule has 8 nitrogen and oxygen atoms in total. The zero-order chi connectivity index (χ0) is 26.4. The van der Waals surface area contributed by atoms with Crippen LogP contribution in [0.1, 0.15) is 68.8 Å². The van der Waals surface area contributed by atoms with E-state index in [9.17, 15) is 9.59 Å². The van der Waals surface area contributed by atoms with Gasteiger partial charge in [0.1, 0.15) is 0 Å². The molecule has 4 rings (SSSR count). The molecule has 2 aliphatic heterocycles. The van der Waals surface area contributed by atoms with Crippen molar-refractivity contribution < 1.29 is 9.59 Å². The molecule has 1 saturated heterocycles. The van der Waals surface area contributed by atoms with Gasteiger partial charge in [-0.1, -0.05) is 43.3 Å². The van der Waals surface area contributed by atoms with Crippen LogP contribution >= 0.6 is 0 Å². The largest absolute Gasteiger partial charge is 0.339 e. The summed E-state index contributed by atoms with van der Waals surface area (Å²) in [6.07, 6.45) is 6.07. The third-order valence-electron chi connectivity index (χ3n) is 7.11. The fraction of sp³-hybridized carbons (Fsp3) is 0.414. The van der Waals surface area contributed by atoms with Crippen LogP contribution in [0.3, 0.4) is 0 Å². The monoisotopic (exact) mass is 500 g/mol. The molecule has 2 amide bonds. The molecule has 1 atom stereocenters. The fourth-order valence-corrected chi connectivity index (χ4v) is 4.87. The van der Waals surface area contributed by atoms with E-state index in [2.05, 4.69) is 31.1 Å². The minimum atomic E-state index is -0.00805. The number of nitrogens with zero attached hydrogens (tertiary/aromatic N) is 5. The molecule has 37 heavy (non-hydrogen) atoms. The van der Waals surface area contributed by atoms with E-state index in [1.54, 1.807) is 0 Å². The number of amides is 2. The molecule has 0 bridgehead atoms. The molecule has 194 valence electrons. The van der Waals surface area contributed by atoms with Crippen LogP contribution in [0.15, 0.2) is 63.4 Å². The van der Waals surface area contributed by atoms with E-state index in [0.29, 0.717) is 29.2 Å². The molecule has 2 aromatic rings. The van der Waals surface area contributed by atoms with Gasteiger partial charge in [-0.15, -0.1) is 5.11 Å². The predicted octanol–water partition coefficient (Wildman–Crippen LogP) is 5.77. The lowest BCUT2D eigenvalue weighted by Crippen LogP contribution is -2.40. The molecular formula is C29H36N6O2.